The van der Waals surface area contributed by atoms with Crippen LogP contribution in [0.25, 0.3) is 0 Å². The molecular formula is C17H19N3O3. The number of hydrogen-bond acceptors (Lipinski definition) is 3. The summed E-state index contributed by atoms with van der Waals surface area (Å²) in [4.78, 5) is 22.4. The lowest BCUT2D eigenvalue weighted by atomic mass is 10.0. The molecule has 0 aliphatic carbocycles. The molecule has 0 spiro atoms. The summed E-state index contributed by atoms with van der Waals surface area (Å²) in [5.74, 6) is 0.174. The number of nitrogens with zero attached hydrogens (tertiary/aromatic N) is 1. The Morgan fingerprint density at radius 2 is 1.87 bits per heavy atom. The van der Waals surface area contributed by atoms with Gasteiger partial charge in [-0.05, 0) is 24.5 Å². The topological polar surface area (TPSA) is 84.3 Å². The number of rotatable bonds is 5. The summed E-state index contributed by atoms with van der Waals surface area (Å²) in [6, 6.07) is 14.1. The number of nitrogens with one attached hydrogen (secondary N) is 2. The van der Waals surface area contributed by atoms with Crippen LogP contribution in [0.2, 0.25) is 0 Å². The normalized spacial score (nSPS) is 11.6. The molecule has 23 heavy (non-hydrogen) atoms. The standard InChI is InChI=1S/C17H19N3O3/c1-12(14-7-4-3-5-8-14)11-18-17(21)19-15-9-6-10-16(13(15)2)20(22)23/h3-10,12H,11H2,1-2H3,(H2,18,19,21)/t12-/m0/s1. The van der Waals surface area contributed by atoms with Gasteiger partial charge in [0.1, 0.15) is 0 Å². The van der Waals surface area contributed by atoms with Gasteiger partial charge < -0.3 is 10.6 Å². The van der Waals surface area contributed by atoms with Gasteiger partial charge in [0.25, 0.3) is 5.69 Å². The van der Waals surface area contributed by atoms with Gasteiger partial charge in [-0.25, -0.2) is 4.79 Å². The van der Waals surface area contributed by atoms with Crippen molar-refractivity contribution in [1.29, 1.82) is 0 Å². The van der Waals surface area contributed by atoms with Crippen molar-refractivity contribution in [3.8, 4) is 0 Å². The predicted octanol–water partition coefficient (Wildman–Crippen LogP) is 3.83. The molecule has 2 rings (SSSR count). The van der Waals surface area contributed by atoms with Crippen LogP contribution in [-0.2, 0) is 0 Å². The quantitative estimate of drug-likeness (QED) is 0.650. The fourth-order valence-corrected chi connectivity index (χ4v) is 2.27. The van der Waals surface area contributed by atoms with Gasteiger partial charge in [0.05, 0.1) is 16.2 Å². The Kier molecular flexibility index (Phi) is 5.30. The maximum atomic E-state index is 12.0. The van der Waals surface area contributed by atoms with Gasteiger partial charge in [0, 0.05) is 12.6 Å². The van der Waals surface area contributed by atoms with E-state index >= 15 is 0 Å². The summed E-state index contributed by atoms with van der Waals surface area (Å²) >= 11 is 0. The Labute approximate surface area is 134 Å². The number of nitro benzene ring substituents is 1. The van der Waals surface area contributed by atoms with E-state index in [0.29, 0.717) is 17.8 Å². The average Bonchev–Trinajstić information content (AvgIpc) is 2.55. The zero-order chi connectivity index (χ0) is 16.8. The zero-order valence-corrected chi connectivity index (χ0v) is 13.1. The lowest BCUT2D eigenvalue weighted by molar-refractivity contribution is -0.385. The molecule has 1 atom stereocenters. The van der Waals surface area contributed by atoms with E-state index in [-0.39, 0.29) is 17.6 Å². The SMILES string of the molecule is Cc1c(NC(=O)NC[C@H](C)c2ccccc2)cccc1[N+](=O)[O-]. The highest BCUT2D eigenvalue weighted by molar-refractivity contribution is 5.90. The van der Waals surface area contributed by atoms with Crippen LogP contribution in [0, 0.1) is 17.0 Å². The van der Waals surface area contributed by atoms with Crippen LogP contribution < -0.4 is 10.6 Å². The summed E-state index contributed by atoms with van der Waals surface area (Å²) in [5.41, 5.74) is 1.99. The molecule has 6 nitrogen and oxygen atoms in total. The first kappa shape index (κ1) is 16.5. The zero-order valence-electron chi connectivity index (χ0n) is 13.1. The van der Waals surface area contributed by atoms with Gasteiger partial charge in [-0.3, -0.25) is 10.1 Å². The van der Waals surface area contributed by atoms with E-state index in [4.69, 9.17) is 0 Å². The van der Waals surface area contributed by atoms with E-state index in [2.05, 4.69) is 10.6 Å². The van der Waals surface area contributed by atoms with Crippen molar-refractivity contribution in [1.82, 2.24) is 5.32 Å². The molecule has 0 saturated heterocycles. The molecule has 0 unspecified atom stereocenters. The number of hydrogen-bond donors (Lipinski definition) is 2. The molecule has 0 saturated carbocycles. The molecule has 2 aromatic rings. The highest BCUT2D eigenvalue weighted by Crippen LogP contribution is 2.24. The second-order valence-electron chi connectivity index (χ2n) is 5.35. The van der Waals surface area contributed by atoms with Crippen LogP contribution in [0.15, 0.2) is 48.5 Å². The number of anilines is 1. The van der Waals surface area contributed by atoms with Gasteiger partial charge in [-0.15, -0.1) is 0 Å². The molecule has 0 aliphatic rings. The third-order valence-electron chi connectivity index (χ3n) is 3.69. The first-order valence-corrected chi connectivity index (χ1v) is 7.33. The van der Waals surface area contributed by atoms with Crippen LogP contribution in [0.3, 0.4) is 0 Å². The summed E-state index contributed by atoms with van der Waals surface area (Å²) < 4.78 is 0. The average molecular weight is 313 g/mol. The molecule has 0 radical (unpaired) electrons. The highest BCUT2D eigenvalue weighted by Gasteiger charge is 2.15. The van der Waals surface area contributed by atoms with Crippen molar-refractivity contribution in [2.24, 2.45) is 0 Å². The van der Waals surface area contributed by atoms with Crippen LogP contribution in [0.4, 0.5) is 16.2 Å². The lowest BCUT2D eigenvalue weighted by Crippen LogP contribution is -2.32. The Morgan fingerprint density at radius 1 is 1.17 bits per heavy atom. The number of carbonyl (C=O) groups is 1. The van der Waals surface area contributed by atoms with E-state index in [1.54, 1.807) is 19.1 Å². The first-order valence-electron chi connectivity index (χ1n) is 7.33. The Bertz CT molecular complexity index is 701. The van der Waals surface area contributed by atoms with Crippen molar-refractivity contribution in [3.63, 3.8) is 0 Å². The number of nitro groups is 1. The minimum atomic E-state index is -0.462. The summed E-state index contributed by atoms with van der Waals surface area (Å²) in [6.07, 6.45) is 0. The maximum Gasteiger partial charge on any atom is 0.319 e. The molecule has 0 bridgehead atoms. The maximum absolute atomic E-state index is 12.0. The van der Waals surface area contributed by atoms with Gasteiger partial charge in [0.2, 0.25) is 0 Å². The van der Waals surface area contributed by atoms with E-state index in [9.17, 15) is 14.9 Å². The van der Waals surface area contributed by atoms with E-state index in [0.717, 1.165) is 5.56 Å². The number of urea groups is 1. The molecule has 120 valence electrons. The molecule has 2 amide bonds. The minimum absolute atomic E-state index is 0.0135. The fourth-order valence-electron chi connectivity index (χ4n) is 2.27. The van der Waals surface area contributed by atoms with Crippen molar-refractivity contribution < 1.29 is 9.72 Å². The Hall–Kier alpha value is -2.89. The summed E-state index contributed by atoms with van der Waals surface area (Å²) in [5, 5.41) is 16.4. The second-order valence-corrected chi connectivity index (χ2v) is 5.35. The molecule has 0 aliphatic heterocycles. The van der Waals surface area contributed by atoms with E-state index < -0.39 is 4.92 Å². The van der Waals surface area contributed by atoms with Crippen molar-refractivity contribution >= 4 is 17.4 Å². The van der Waals surface area contributed by atoms with Crippen LogP contribution in [0.5, 0.6) is 0 Å². The highest BCUT2D eigenvalue weighted by atomic mass is 16.6. The molecule has 6 heteroatoms. The lowest BCUT2D eigenvalue weighted by Gasteiger charge is -2.14. The molecule has 0 aromatic heterocycles. The van der Waals surface area contributed by atoms with Gasteiger partial charge in [-0.2, -0.15) is 0 Å². The van der Waals surface area contributed by atoms with E-state index in [1.165, 1.54) is 6.07 Å². The van der Waals surface area contributed by atoms with Gasteiger partial charge >= 0.3 is 6.03 Å². The minimum Gasteiger partial charge on any atom is -0.337 e. The summed E-state index contributed by atoms with van der Waals surface area (Å²) in [7, 11) is 0. The van der Waals surface area contributed by atoms with Crippen molar-refractivity contribution in [2.75, 3.05) is 11.9 Å². The number of benzene rings is 2. The van der Waals surface area contributed by atoms with Crippen LogP contribution >= 0.6 is 0 Å². The van der Waals surface area contributed by atoms with Crippen molar-refractivity contribution in [3.05, 3.63) is 69.8 Å². The summed E-state index contributed by atoms with van der Waals surface area (Å²) in [6.45, 7) is 4.11. The van der Waals surface area contributed by atoms with Crippen LogP contribution in [0.1, 0.15) is 24.0 Å². The Balaban J connectivity index is 1.95. The van der Waals surface area contributed by atoms with Gasteiger partial charge in [-0.1, -0.05) is 43.3 Å². The van der Waals surface area contributed by atoms with Crippen molar-refractivity contribution in [2.45, 2.75) is 19.8 Å². The monoisotopic (exact) mass is 313 g/mol. The third kappa shape index (κ3) is 4.29. The first-order chi connectivity index (χ1) is 11.0. The third-order valence-corrected chi connectivity index (χ3v) is 3.69. The molecule has 2 aromatic carbocycles. The molecule has 2 N–H and O–H groups in total. The predicted molar refractivity (Wildman–Crippen MR) is 89.7 cm³/mol. The van der Waals surface area contributed by atoms with Gasteiger partial charge in [0.15, 0.2) is 0 Å². The number of amides is 2. The molecular weight excluding hydrogens is 294 g/mol. The fraction of sp³-hybridized carbons (Fsp3) is 0.235. The largest absolute Gasteiger partial charge is 0.337 e. The Morgan fingerprint density at radius 3 is 2.52 bits per heavy atom. The molecule has 0 heterocycles. The van der Waals surface area contributed by atoms with Crippen LogP contribution in [-0.4, -0.2) is 17.5 Å². The smallest absolute Gasteiger partial charge is 0.319 e. The second kappa shape index (κ2) is 7.40. The molecule has 0 fully saturated rings. The number of carbonyl (C=O) groups excluding carboxylic acids is 1. The van der Waals surface area contributed by atoms with E-state index in [1.807, 2.05) is 37.3 Å².